The zero-order chi connectivity index (χ0) is 14.5. The van der Waals surface area contributed by atoms with Gasteiger partial charge in [-0.3, -0.25) is 4.90 Å². The summed E-state index contributed by atoms with van der Waals surface area (Å²) >= 11 is 6.21. The number of benzene rings is 2. The second-order valence-electron chi connectivity index (χ2n) is 5.66. The molecule has 0 saturated carbocycles. The molecule has 21 heavy (non-hydrogen) atoms. The summed E-state index contributed by atoms with van der Waals surface area (Å²) in [5.41, 5.74) is 2.45. The fourth-order valence-corrected chi connectivity index (χ4v) is 3.07. The standard InChI is InChI=1S/C18H21ClN2/c19-17-8-4-5-9-18(17)20-16-10-12-21(13-11-16)14-15-6-2-1-3-7-15/h1-9,16,20H,10-14H2. The van der Waals surface area contributed by atoms with Gasteiger partial charge in [0.25, 0.3) is 0 Å². The minimum Gasteiger partial charge on any atom is -0.381 e. The largest absolute Gasteiger partial charge is 0.381 e. The van der Waals surface area contributed by atoms with Crippen LogP contribution in [0.2, 0.25) is 5.02 Å². The van der Waals surface area contributed by atoms with Gasteiger partial charge in [-0.2, -0.15) is 0 Å². The van der Waals surface area contributed by atoms with Crippen molar-refractivity contribution in [1.82, 2.24) is 4.90 Å². The summed E-state index contributed by atoms with van der Waals surface area (Å²) < 4.78 is 0. The first kappa shape index (κ1) is 14.4. The number of hydrogen-bond donors (Lipinski definition) is 1. The molecule has 3 rings (SSSR count). The van der Waals surface area contributed by atoms with Crippen LogP contribution in [0, 0.1) is 0 Å². The van der Waals surface area contributed by atoms with Gasteiger partial charge in [-0.05, 0) is 30.5 Å². The van der Waals surface area contributed by atoms with Gasteiger partial charge in [0.2, 0.25) is 0 Å². The van der Waals surface area contributed by atoms with Gasteiger partial charge in [0.05, 0.1) is 10.7 Å². The van der Waals surface area contributed by atoms with Crippen molar-refractivity contribution in [3.63, 3.8) is 0 Å². The van der Waals surface area contributed by atoms with Gasteiger partial charge in [-0.25, -0.2) is 0 Å². The van der Waals surface area contributed by atoms with Crippen molar-refractivity contribution in [3.8, 4) is 0 Å². The smallest absolute Gasteiger partial charge is 0.0637 e. The Kier molecular flexibility index (Phi) is 4.79. The maximum atomic E-state index is 6.21. The Bertz CT molecular complexity index is 562. The zero-order valence-electron chi connectivity index (χ0n) is 12.1. The average molecular weight is 301 g/mol. The number of halogens is 1. The molecule has 0 amide bonds. The number of nitrogens with zero attached hydrogens (tertiary/aromatic N) is 1. The van der Waals surface area contributed by atoms with Gasteiger partial charge >= 0.3 is 0 Å². The lowest BCUT2D eigenvalue weighted by molar-refractivity contribution is 0.211. The predicted molar refractivity (Wildman–Crippen MR) is 89.8 cm³/mol. The Morgan fingerprint density at radius 1 is 0.952 bits per heavy atom. The van der Waals surface area contributed by atoms with Crippen molar-refractivity contribution in [2.75, 3.05) is 18.4 Å². The molecule has 0 aliphatic carbocycles. The highest BCUT2D eigenvalue weighted by atomic mass is 35.5. The molecule has 1 saturated heterocycles. The summed E-state index contributed by atoms with van der Waals surface area (Å²) in [6.07, 6.45) is 2.33. The van der Waals surface area contributed by atoms with Crippen LogP contribution in [0.5, 0.6) is 0 Å². The summed E-state index contributed by atoms with van der Waals surface area (Å²) in [6, 6.07) is 19.2. The van der Waals surface area contributed by atoms with Crippen molar-refractivity contribution in [2.45, 2.75) is 25.4 Å². The maximum Gasteiger partial charge on any atom is 0.0637 e. The topological polar surface area (TPSA) is 15.3 Å². The van der Waals surface area contributed by atoms with Crippen LogP contribution in [0.4, 0.5) is 5.69 Å². The van der Waals surface area contributed by atoms with E-state index in [1.54, 1.807) is 0 Å². The predicted octanol–water partition coefficient (Wildman–Crippen LogP) is 4.42. The van der Waals surface area contributed by atoms with Crippen LogP contribution < -0.4 is 5.32 Å². The van der Waals surface area contributed by atoms with Gasteiger partial charge in [0, 0.05) is 25.7 Å². The van der Waals surface area contributed by atoms with E-state index < -0.39 is 0 Å². The third-order valence-corrected chi connectivity index (χ3v) is 4.40. The van der Waals surface area contributed by atoms with Gasteiger partial charge in [-0.1, -0.05) is 54.1 Å². The molecule has 2 nitrogen and oxygen atoms in total. The number of rotatable bonds is 4. The molecule has 0 spiro atoms. The van der Waals surface area contributed by atoms with E-state index in [0.29, 0.717) is 6.04 Å². The van der Waals surface area contributed by atoms with Crippen molar-refractivity contribution < 1.29 is 0 Å². The van der Waals surface area contributed by atoms with E-state index >= 15 is 0 Å². The van der Waals surface area contributed by atoms with Crippen molar-refractivity contribution >= 4 is 17.3 Å². The zero-order valence-corrected chi connectivity index (χ0v) is 12.9. The minimum atomic E-state index is 0.525. The first-order valence-corrected chi connectivity index (χ1v) is 7.96. The SMILES string of the molecule is Clc1ccccc1NC1CCN(Cc2ccccc2)CC1. The lowest BCUT2D eigenvalue weighted by atomic mass is 10.0. The number of nitrogens with one attached hydrogen (secondary N) is 1. The molecule has 0 atom stereocenters. The highest BCUT2D eigenvalue weighted by Gasteiger charge is 2.19. The molecule has 0 unspecified atom stereocenters. The van der Waals surface area contributed by atoms with E-state index in [0.717, 1.165) is 43.2 Å². The Hall–Kier alpha value is -1.51. The number of anilines is 1. The van der Waals surface area contributed by atoms with Crippen LogP contribution in [-0.2, 0) is 6.54 Å². The average Bonchev–Trinajstić information content (AvgIpc) is 2.52. The quantitative estimate of drug-likeness (QED) is 0.899. The first-order chi connectivity index (χ1) is 10.3. The highest BCUT2D eigenvalue weighted by molar-refractivity contribution is 6.33. The molecule has 1 N–H and O–H groups in total. The molecule has 3 heteroatoms. The third-order valence-electron chi connectivity index (χ3n) is 4.07. The van der Waals surface area contributed by atoms with Gasteiger partial charge in [-0.15, -0.1) is 0 Å². The second kappa shape index (κ2) is 6.97. The number of hydrogen-bond acceptors (Lipinski definition) is 2. The number of para-hydroxylation sites is 1. The summed E-state index contributed by atoms with van der Waals surface area (Å²) in [4.78, 5) is 2.53. The van der Waals surface area contributed by atoms with E-state index in [1.165, 1.54) is 5.56 Å². The number of likely N-dealkylation sites (tertiary alicyclic amines) is 1. The van der Waals surface area contributed by atoms with Crippen molar-refractivity contribution in [2.24, 2.45) is 0 Å². The minimum absolute atomic E-state index is 0.525. The summed E-state index contributed by atoms with van der Waals surface area (Å²) in [5, 5.41) is 4.38. The molecule has 1 fully saturated rings. The molecule has 2 aromatic rings. The summed E-state index contributed by atoms with van der Waals surface area (Å²) in [6.45, 7) is 3.33. The van der Waals surface area contributed by atoms with Gasteiger partial charge in [0.15, 0.2) is 0 Å². The van der Waals surface area contributed by atoms with Crippen LogP contribution >= 0.6 is 11.6 Å². The lowest BCUT2D eigenvalue weighted by Crippen LogP contribution is -2.38. The Balaban J connectivity index is 1.50. The van der Waals surface area contributed by atoms with Crippen molar-refractivity contribution in [1.29, 1.82) is 0 Å². The maximum absolute atomic E-state index is 6.21. The van der Waals surface area contributed by atoms with Gasteiger partial charge < -0.3 is 5.32 Å². The molecular formula is C18H21ClN2. The second-order valence-corrected chi connectivity index (χ2v) is 6.07. The molecule has 110 valence electrons. The molecule has 0 aromatic heterocycles. The van der Waals surface area contributed by atoms with Crippen LogP contribution in [0.15, 0.2) is 54.6 Å². The molecule has 0 bridgehead atoms. The Morgan fingerprint density at radius 2 is 1.62 bits per heavy atom. The van der Waals surface area contributed by atoms with E-state index in [-0.39, 0.29) is 0 Å². The number of piperidine rings is 1. The molecule has 1 heterocycles. The molecule has 1 aliphatic rings. The van der Waals surface area contributed by atoms with Crippen LogP contribution in [0.3, 0.4) is 0 Å². The lowest BCUT2D eigenvalue weighted by Gasteiger charge is -2.33. The van der Waals surface area contributed by atoms with E-state index in [9.17, 15) is 0 Å². The fourth-order valence-electron chi connectivity index (χ4n) is 2.88. The van der Waals surface area contributed by atoms with Crippen LogP contribution in [0.25, 0.3) is 0 Å². The van der Waals surface area contributed by atoms with Crippen LogP contribution in [-0.4, -0.2) is 24.0 Å². The van der Waals surface area contributed by atoms with E-state index in [4.69, 9.17) is 11.6 Å². The Morgan fingerprint density at radius 3 is 2.33 bits per heavy atom. The Labute approximate surface area is 131 Å². The molecule has 1 aliphatic heterocycles. The molecular weight excluding hydrogens is 280 g/mol. The first-order valence-electron chi connectivity index (χ1n) is 7.58. The molecule has 2 aromatic carbocycles. The molecule has 0 radical (unpaired) electrons. The third kappa shape index (κ3) is 3.99. The highest BCUT2D eigenvalue weighted by Crippen LogP contribution is 2.24. The van der Waals surface area contributed by atoms with Gasteiger partial charge in [0.1, 0.15) is 0 Å². The summed E-state index contributed by atoms with van der Waals surface area (Å²) in [5.74, 6) is 0. The fraction of sp³-hybridized carbons (Fsp3) is 0.333. The van der Waals surface area contributed by atoms with Crippen LogP contribution in [0.1, 0.15) is 18.4 Å². The van der Waals surface area contributed by atoms with Crippen molar-refractivity contribution in [3.05, 3.63) is 65.2 Å². The normalized spacial score (nSPS) is 16.8. The van der Waals surface area contributed by atoms with E-state index in [2.05, 4.69) is 46.6 Å². The summed E-state index contributed by atoms with van der Waals surface area (Å²) in [7, 11) is 0. The van der Waals surface area contributed by atoms with E-state index in [1.807, 2.05) is 18.2 Å². The monoisotopic (exact) mass is 300 g/mol.